The van der Waals surface area contributed by atoms with Crippen LogP contribution in [0.4, 0.5) is 4.79 Å². The van der Waals surface area contributed by atoms with E-state index in [1.807, 2.05) is 27.7 Å². The van der Waals surface area contributed by atoms with E-state index in [1.54, 1.807) is 0 Å². The first kappa shape index (κ1) is 13.3. The van der Waals surface area contributed by atoms with Crippen molar-refractivity contribution < 1.29 is 19.4 Å². The van der Waals surface area contributed by atoms with Crippen LogP contribution in [0.1, 0.15) is 40.5 Å². The lowest BCUT2D eigenvalue weighted by Crippen LogP contribution is -2.49. The molecule has 1 rings (SSSR count). The number of hydrogen-bond acceptors (Lipinski definition) is 4. The van der Waals surface area contributed by atoms with Gasteiger partial charge in [0.1, 0.15) is 5.60 Å². The van der Waals surface area contributed by atoms with Gasteiger partial charge in [0, 0.05) is 6.42 Å². The van der Waals surface area contributed by atoms with Crippen LogP contribution in [-0.2, 0) is 9.47 Å². The molecule has 1 aliphatic rings. The predicted molar refractivity (Wildman–Crippen MR) is 58.9 cm³/mol. The second-order valence-corrected chi connectivity index (χ2v) is 5.13. The molecule has 94 valence electrons. The van der Waals surface area contributed by atoms with Gasteiger partial charge in [0.25, 0.3) is 0 Å². The summed E-state index contributed by atoms with van der Waals surface area (Å²) >= 11 is 0. The number of amides is 1. The summed E-state index contributed by atoms with van der Waals surface area (Å²) in [5, 5.41) is 12.0. The Kier molecular flexibility index (Phi) is 4.15. The number of aliphatic hydroxyl groups excluding tert-OH is 1. The van der Waals surface area contributed by atoms with Gasteiger partial charge in [-0.15, -0.1) is 0 Å². The van der Waals surface area contributed by atoms with Gasteiger partial charge in [-0.25, -0.2) is 4.79 Å². The van der Waals surface area contributed by atoms with Crippen molar-refractivity contribution in [1.82, 2.24) is 5.32 Å². The Morgan fingerprint density at radius 1 is 1.44 bits per heavy atom. The van der Waals surface area contributed by atoms with Gasteiger partial charge >= 0.3 is 6.09 Å². The summed E-state index contributed by atoms with van der Waals surface area (Å²) < 4.78 is 10.4. The number of ether oxygens (including phenoxy) is 2. The van der Waals surface area contributed by atoms with E-state index in [0.29, 0.717) is 12.8 Å². The maximum absolute atomic E-state index is 11.5. The Hall–Kier alpha value is -0.810. The van der Waals surface area contributed by atoms with Crippen LogP contribution >= 0.6 is 0 Å². The summed E-state index contributed by atoms with van der Waals surface area (Å²) in [4.78, 5) is 11.5. The minimum absolute atomic E-state index is 0.0988. The largest absolute Gasteiger partial charge is 0.444 e. The highest BCUT2D eigenvalue weighted by Gasteiger charge is 2.29. The first-order chi connectivity index (χ1) is 7.28. The van der Waals surface area contributed by atoms with Gasteiger partial charge in [-0.3, -0.25) is 0 Å². The fourth-order valence-electron chi connectivity index (χ4n) is 1.62. The van der Waals surface area contributed by atoms with Crippen molar-refractivity contribution >= 4 is 6.09 Å². The maximum atomic E-state index is 11.5. The molecule has 5 nitrogen and oxygen atoms in total. The van der Waals surface area contributed by atoms with Crippen LogP contribution in [0.2, 0.25) is 0 Å². The van der Waals surface area contributed by atoms with E-state index in [1.165, 1.54) is 0 Å². The minimum atomic E-state index is -0.716. The summed E-state index contributed by atoms with van der Waals surface area (Å²) in [7, 11) is 0. The molecule has 1 heterocycles. The van der Waals surface area contributed by atoms with Gasteiger partial charge in [-0.2, -0.15) is 0 Å². The molecule has 0 saturated carbocycles. The van der Waals surface area contributed by atoms with Gasteiger partial charge in [0.2, 0.25) is 0 Å². The molecule has 0 aromatic carbocycles. The van der Waals surface area contributed by atoms with E-state index in [2.05, 4.69) is 5.32 Å². The minimum Gasteiger partial charge on any atom is -0.444 e. The van der Waals surface area contributed by atoms with Crippen LogP contribution in [-0.4, -0.2) is 35.2 Å². The summed E-state index contributed by atoms with van der Waals surface area (Å²) in [6.07, 6.45) is -0.126. The smallest absolute Gasteiger partial charge is 0.407 e. The molecule has 0 aliphatic carbocycles. The molecule has 0 unspecified atom stereocenters. The lowest BCUT2D eigenvalue weighted by Gasteiger charge is -2.33. The SMILES string of the molecule is C[C@H]1O[C@@H](O)CC[C@H]1NC(=O)OC(C)(C)C. The first-order valence-corrected chi connectivity index (χ1v) is 5.61. The van der Waals surface area contributed by atoms with Gasteiger partial charge in [-0.1, -0.05) is 0 Å². The number of alkyl carbamates (subject to hydrolysis) is 1. The van der Waals surface area contributed by atoms with E-state index in [9.17, 15) is 9.90 Å². The van der Waals surface area contributed by atoms with Crippen molar-refractivity contribution in [2.75, 3.05) is 0 Å². The normalized spacial score (nSPS) is 30.9. The average Bonchev–Trinajstić information content (AvgIpc) is 2.06. The van der Waals surface area contributed by atoms with E-state index >= 15 is 0 Å². The Morgan fingerprint density at radius 2 is 2.06 bits per heavy atom. The van der Waals surface area contributed by atoms with Gasteiger partial charge in [0.05, 0.1) is 12.1 Å². The fourth-order valence-corrected chi connectivity index (χ4v) is 1.62. The van der Waals surface area contributed by atoms with Crippen molar-refractivity contribution in [2.45, 2.75) is 64.6 Å². The van der Waals surface area contributed by atoms with Crippen LogP contribution in [0.15, 0.2) is 0 Å². The second kappa shape index (κ2) is 5.01. The monoisotopic (exact) mass is 231 g/mol. The summed E-state index contributed by atoms with van der Waals surface area (Å²) in [6, 6.07) is -0.0988. The standard InChI is InChI=1S/C11H21NO4/c1-7-8(5-6-9(13)15-7)12-10(14)16-11(2,3)4/h7-9,13H,5-6H2,1-4H3,(H,12,14)/t7-,8-,9-/m1/s1. The fraction of sp³-hybridized carbons (Fsp3) is 0.909. The Morgan fingerprint density at radius 3 is 2.56 bits per heavy atom. The zero-order chi connectivity index (χ0) is 12.3. The second-order valence-electron chi connectivity index (χ2n) is 5.13. The highest BCUT2D eigenvalue weighted by molar-refractivity contribution is 5.68. The van der Waals surface area contributed by atoms with Crippen LogP contribution in [0.3, 0.4) is 0 Å². The Bertz CT molecular complexity index is 249. The zero-order valence-corrected chi connectivity index (χ0v) is 10.3. The van der Waals surface area contributed by atoms with Crippen LogP contribution in [0.25, 0.3) is 0 Å². The summed E-state index contributed by atoms with van der Waals surface area (Å²) in [5.41, 5.74) is -0.498. The summed E-state index contributed by atoms with van der Waals surface area (Å²) in [5.74, 6) is 0. The average molecular weight is 231 g/mol. The molecular weight excluding hydrogens is 210 g/mol. The first-order valence-electron chi connectivity index (χ1n) is 5.61. The molecule has 2 N–H and O–H groups in total. The number of nitrogens with one attached hydrogen (secondary N) is 1. The van der Waals surface area contributed by atoms with Crippen molar-refractivity contribution in [3.05, 3.63) is 0 Å². The van der Waals surface area contributed by atoms with Gasteiger partial charge in [-0.05, 0) is 34.1 Å². The molecule has 1 aliphatic heterocycles. The van der Waals surface area contributed by atoms with E-state index < -0.39 is 18.0 Å². The third kappa shape index (κ3) is 4.37. The van der Waals surface area contributed by atoms with Crippen molar-refractivity contribution in [2.24, 2.45) is 0 Å². The molecular formula is C11H21NO4. The Labute approximate surface area is 96.1 Å². The number of carbonyl (C=O) groups excluding carboxylic acids is 1. The van der Waals surface area contributed by atoms with Crippen molar-refractivity contribution in [1.29, 1.82) is 0 Å². The van der Waals surface area contributed by atoms with Crippen molar-refractivity contribution in [3.63, 3.8) is 0 Å². The molecule has 5 heteroatoms. The molecule has 1 fully saturated rings. The molecule has 0 aromatic heterocycles. The molecule has 1 saturated heterocycles. The Balaban J connectivity index is 2.39. The van der Waals surface area contributed by atoms with Crippen molar-refractivity contribution in [3.8, 4) is 0 Å². The van der Waals surface area contributed by atoms with E-state index in [4.69, 9.17) is 9.47 Å². The molecule has 1 amide bonds. The highest BCUT2D eigenvalue weighted by atomic mass is 16.6. The molecule has 16 heavy (non-hydrogen) atoms. The molecule has 0 aromatic rings. The number of aliphatic hydroxyl groups is 1. The zero-order valence-electron chi connectivity index (χ0n) is 10.3. The van der Waals surface area contributed by atoms with Crippen LogP contribution in [0, 0.1) is 0 Å². The molecule has 3 atom stereocenters. The number of carbonyl (C=O) groups is 1. The molecule has 0 spiro atoms. The highest BCUT2D eigenvalue weighted by Crippen LogP contribution is 2.18. The van der Waals surface area contributed by atoms with Gasteiger partial charge in [0.15, 0.2) is 6.29 Å². The predicted octanol–water partition coefficient (Wildman–Crippen LogP) is 1.40. The van der Waals surface area contributed by atoms with E-state index in [0.717, 1.165) is 0 Å². The van der Waals surface area contributed by atoms with Crippen LogP contribution < -0.4 is 5.32 Å². The lowest BCUT2D eigenvalue weighted by atomic mass is 10.0. The molecule has 0 bridgehead atoms. The maximum Gasteiger partial charge on any atom is 0.407 e. The summed E-state index contributed by atoms with van der Waals surface area (Å²) in [6.45, 7) is 7.27. The molecule has 0 radical (unpaired) electrons. The third-order valence-electron chi connectivity index (χ3n) is 2.37. The topological polar surface area (TPSA) is 67.8 Å². The third-order valence-corrected chi connectivity index (χ3v) is 2.37. The lowest BCUT2D eigenvalue weighted by molar-refractivity contribution is -0.166. The number of hydrogen-bond donors (Lipinski definition) is 2. The van der Waals surface area contributed by atoms with Crippen LogP contribution in [0.5, 0.6) is 0 Å². The van der Waals surface area contributed by atoms with Gasteiger partial charge < -0.3 is 19.9 Å². The van der Waals surface area contributed by atoms with E-state index in [-0.39, 0.29) is 12.1 Å². The number of rotatable bonds is 1. The quantitative estimate of drug-likeness (QED) is 0.715.